The smallest absolute Gasteiger partial charge is 0.254 e. The number of aromatic nitrogens is 3. The molecule has 112 valence electrons. The van der Waals surface area contributed by atoms with Crippen molar-refractivity contribution >= 4 is 11.6 Å². The van der Waals surface area contributed by atoms with Crippen LogP contribution in [0, 0.1) is 6.92 Å². The molecular weight excluding hydrogens is 266 g/mol. The van der Waals surface area contributed by atoms with E-state index in [1.807, 2.05) is 26.1 Å². The lowest BCUT2D eigenvalue weighted by molar-refractivity contribution is 0.0953. The lowest BCUT2D eigenvalue weighted by Crippen LogP contribution is -2.26. The number of carbonyl (C=O) groups excluding carboxylic acids is 1. The summed E-state index contributed by atoms with van der Waals surface area (Å²) in [6, 6.07) is 1.81. The van der Waals surface area contributed by atoms with Gasteiger partial charge in [-0.2, -0.15) is 5.10 Å². The Morgan fingerprint density at radius 3 is 2.95 bits per heavy atom. The number of hydrogen-bond acceptors (Lipinski definition) is 4. The summed E-state index contributed by atoms with van der Waals surface area (Å²) >= 11 is 0. The first-order valence-corrected chi connectivity index (χ1v) is 7.17. The molecule has 2 heterocycles. The molecule has 0 aliphatic carbocycles. The van der Waals surface area contributed by atoms with Crippen LogP contribution in [0.2, 0.25) is 0 Å². The maximum Gasteiger partial charge on any atom is 0.254 e. The number of pyridine rings is 1. The van der Waals surface area contributed by atoms with Gasteiger partial charge in [0.1, 0.15) is 0 Å². The number of anilines is 1. The SMILES string of the molecule is CCNc1ccncc1C(=O)NCCCc1cn[nH]c1C. The Morgan fingerprint density at radius 1 is 1.38 bits per heavy atom. The van der Waals surface area contributed by atoms with Gasteiger partial charge in [-0.25, -0.2) is 0 Å². The first-order valence-electron chi connectivity index (χ1n) is 7.17. The van der Waals surface area contributed by atoms with Crippen LogP contribution in [0.25, 0.3) is 0 Å². The number of H-pyrrole nitrogens is 1. The van der Waals surface area contributed by atoms with Crippen LogP contribution < -0.4 is 10.6 Å². The van der Waals surface area contributed by atoms with Gasteiger partial charge in [0, 0.05) is 31.2 Å². The number of rotatable bonds is 7. The number of aromatic amines is 1. The van der Waals surface area contributed by atoms with Crippen molar-refractivity contribution in [2.24, 2.45) is 0 Å². The van der Waals surface area contributed by atoms with Gasteiger partial charge in [0.25, 0.3) is 5.91 Å². The van der Waals surface area contributed by atoms with Crippen LogP contribution >= 0.6 is 0 Å². The highest BCUT2D eigenvalue weighted by molar-refractivity contribution is 5.99. The molecule has 3 N–H and O–H groups in total. The lowest BCUT2D eigenvalue weighted by atomic mass is 10.1. The van der Waals surface area contributed by atoms with E-state index in [1.54, 1.807) is 12.4 Å². The molecule has 2 aromatic rings. The molecule has 1 amide bonds. The molecule has 0 bridgehead atoms. The zero-order valence-corrected chi connectivity index (χ0v) is 12.4. The van der Waals surface area contributed by atoms with Gasteiger partial charge < -0.3 is 10.6 Å². The highest BCUT2D eigenvalue weighted by Gasteiger charge is 2.10. The monoisotopic (exact) mass is 287 g/mol. The summed E-state index contributed by atoms with van der Waals surface area (Å²) in [5.74, 6) is -0.0945. The van der Waals surface area contributed by atoms with Crippen molar-refractivity contribution in [3.63, 3.8) is 0 Å². The molecule has 0 aliphatic heterocycles. The average molecular weight is 287 g/mol. The molecule has 0 aromatic carbocycles. The minimum Gasteiger partial charge on any atom is -0.385 e. The van der Waals surface area contributed by atoms with E-state index < -0.39 is 0 Å². The number of carbonyl (C=O) groups is 1. The van der Waals surface area contributed by atoms with E-state index in [2.05, 4.69) is 25.8 Å². The third-order valence-corrected chi connectivity index (χ3v) is 3.28. The van der Waals surface area contributed by atoms with Crippen molar-refractivity contribution in [2.45, 2.75) is 26.7 Å². The van der Waals surface area contributed by atoms with Crippen LogP contribution in [-0.2, 0) is 6.42 Å². The predicted molar refractivity (Wildman–Crippen MR) is 82.4 cm³/mol. The van der Waals surface area contributed by atoms with E-state index in [4.69, 9.17) is 0 Å². The van der Waals surface area contributed by atoms with Crippen LogP contribution in [0.5, 0.6) is 0 Å². The summed E-state index contributed by atoms with van der Waals surface area (Å²) in [6.45, 7) is 5.39. The second-order valence-corrected chi connectivity index (χ2v) is 4.83. The predicted octanol–water partition coefficient (Wildman–Crippen LogP) is 1.91. The van der Waals surface area contributed by atoms with E-state index >= 15 is 0 Å². The fraction of sp³-hybridized carbons (Fsp3) is 0.400. The fourth-order valence-electron chi connectivity index (χ4n) is 2.12. The van der Waals surface area contributed by atoms with E-state index in [1.165, 1.54) is 5.56 Å². The molecular formula is C15H21N5O. The number of nitrogens with zero attached hydrogens (tertiary/aromatic N) is 2. The van der Waals surface area contributed by atoms with E-state index in [0.29, 0.717) is 12.1 Å². The van der Waals surface area contributed by atoms with Gasteiger partial charge in [-0.15, -0.1) is 0 Å². The fourth-order valence-corrected chi connectivity index (χ4v) is 2.12. The third-order valence-electron chi connectivity index (χ3n) is 3.28. The summed E-state index contributed by atoms with van der Waals surface area (Å²) < 4.78 is 0. The molecule has 0 aliphatic rings. The molecule has 0 fully saturated rings. The number of nitrogens with one attached hydrogen (secondary N) is 3. The Balaban J connectivity index is 1.83. The summed E-state index contributed by atoms with van der Waals surface area (Å²) in [5.41, 5.74) is 3.68. The van der Waals surface area contributed by atoms with Crippen LogP contribution in [0.3, 0.4) is 0 Å². The normalized spacial score (nSPS) is 10.4. The van der Waals surface area contributed by atoms with Crippen LogP contribution in [0.15, 0.2) is 24.7 Å². The average Bonchev–Trinajstić information content (AvgIpc) is 2.90. The highest BCUT2D eigenvalue weighted by atomic mass is 16.1. The van der Waals surface area contributed by atoms with Crippen LogP contribution in [0.4, 0.5) is 5.69 Å². The van der Waals surface area contributed by atoms with E-state index in [-0.39, 0.29) is 5.91 Å². The molecule has 0 radical (unpaired) electrons. The molecule has 0 spiro atoms. The van der Waals surface area contributed by atoms with E-state index in [0.717, 1.165) is 30.8 Å². The molecule has 0 atom stereocenters. The molecule has 0 unspecified atom stereocenters. The first kappa shape index (κ1) is 15.0. The second-order valence-electron chi connectivity index (χ2n) is 4.83. The Bertz CT molecular complexity index is 593. The van der Waals surface area contributed by atoms with Crippen molar-refractivity contribution in [1.82, 2.24) is 20.5 Å². The molecule has 2 rings (SSSR count). The summed E-state index contributed by atoms with van der Waals surface area (Å²) in [5, 5.41) is 13.0. The van der Waals surface area contributed by atoms with Crippen molar-refractivity contribution in [1.29, 1.82) is 0 Å². The topological polar surface area (TPSA) is 82.7 Å². The van der Waals surface area contributed by atoms with Gasteiger partial charge in [-0.1, -0.05) is 0 Å². The maximum atomic E-state index is 12.2. The Labute approximate surface area is 124 Å². The summed E-state index contributed by atoms with van der Waals surface area (Å²) in [7, 11) is 0. The highest BCUT2D eigenvalue weighted by Crippen LogP contribution is 2.13. The molecule has 6 nitrogen and oxygen atoms in total. The zero-order chi connectivity index (χ0) is 15.1. The molecule has 0 saturated carbocycles. The van der Waals surface area contributed by atoms with Gasteiger partial charge >= 0.3 is 0 Å². The van der Waals surface area contributed by atoms with Crippen LogP contribution in [0.1, 0.15) is 35.0 Å². The zero-order valence-electron chi connectivity index (χ0n) is 12.4. The maximum absolute atomic E-state index is 12.2. The van der Waals surface area contributed by atoms with Crippen molar-refractivity contribution in [3.05, 3.63) is 41.5 Å². The Kier molecular flexibility index (Phi) is 5.31. The van der Waals surface area contributed by atoms with E-state index in [9.17, 15) is 4.79 Å². The first-order chi connectivity index (χ1) is 10.2. The minimum absolute atomic E-state index is 0.0945. The quantitative estimate of drug-likeness (QED) is 0.679. The van der Waals surface area contributed by atoms with Gasteiger partial charge in [0.15, 0.2) is 0 Å². The van der Waals surface area contributed by atoms with Crippen molar-refractivity contribution in [2.75, 3.05) is 18.4 Å². The number of amides is 1. The summed E-state index contributed by atoms with van der Waals surface area (Å²) in [6.07, 6.45) is 6.88. The standard InChI is InChI=1S/C15H21N5O/c1-3-17-14-6-8-16-10-13(14)15(21)18-7-4-5-12-9-19-20-11(12)2/h6,8-10H,3-5,7H2,1-2H3,(H,16,17)(H,18,21)(H,19,20). The van der Waals surface area contributed by atoms with Crippen LogP contribution in [-0.4, -0.2) is 34.2 Å². The number of hydrogen-bond donors (Lipinski definition) is 3. The van der Waals surface area contributed by atoms with Crippen molar-refractivity contribution < 1.29 is 4.79 Å². The Hall–Kier alpha value is -2.37. The molecule has 21 heavy (non-hydrogen) atoms. The second kappa shape index (κ2) is 7.42. The van der Waals surface area contributed by atoms with Gasteiger partial charge in [-0.05, 0) is 38.3 Å². The molecule has 2 aromatic heterocycles. The molecule has 6 heteroatoms. The van der Waals surface area contributed by atoms with Gasteiger partial charge in [0.05, 0.1) is 17.4 Å². The third kappa shape index (κ3) is 4.05. The number of aryl methyl sites for hydroxylation is 2. The minimum atomic E-state index is -0.0945. The molecule has 0 saturated heterocycles. The summed E-state index contributed by atoms with van der Waals surface area (Å²) in [4.78, 5) is 16.2. The lowest BCUT2D eigenvalue weighted by Gasteiger charge is -2.10. The van der Waals surface area contributed by atoms with Gasteiger partial charge in [-0.3, -0.25) is 14.9 Å². The van der Waals surface area contributed by atoms with Crippen molar-refractivity contribution in [3.8, 4) is 0 Å². The largest absolute Gasteiger partial charge is 0.385 e. The van der Waals surface area contributed by atoms with Gasteiger partial charge in [0.2, 0.25) is 0 Å². The Morgan fingerprint density at radius 2 is 2.24 bits per heavy atom.